The lowest BCUT2D eigenvalue weighted by atomic mass is 9.67. The van der Waals surface area contributed by atoms with Gasteiger partial charge in [-0.25, -0.2) is 4.79 Å². The molecule has 1 aliphatic carbocycles. The Morgan fingerprint density at radius 3 is 2.57 bits per heavy atom. The highest BCUT2D eigenvalue weighted by atomic mass is 35.5. The minimum Gasteiger partial charge on any atom is -0.462 e. The molecule has 28 heavy (non-hydrogen) atoms. The van der Waals surface area contributed by atoms with Crippen LogP contribution in [0.2, 0.25) is 0 Å². The van der Waals surface area contributed by atoms with Crippen LogP contribution < -0.4 is 5.32 Å². The molecular weight excluding hydrogens is 398 g/mol. The van der Waals surface area contributed by atoms with E-state index in [4.69, 9.17) is 16.3 Å². The summed E-state index contributed by atoms with van der Waals surface area (Å²) in [7, 11) is 0. The average Bonchev–Trinajstić information content (AvgIpc) is 2.98. The van der Waals surface area contributed by atoms with Gasteiger partial charge >= 0.3 is 5.97 Å². The minimum absolute atomic E-state index is 0.222. The first-order valence-corrected chi connectivity index (χ1v) is 10.4. The Morgan fingerprint density at radius 2 is 1.96 bits per heavy atom. The smallest absolute Gasteiger partial charge is 0.341 e. The number of amides is 1. The third-order valence-electron chi connectivity index (χ3n) is 5.08. The number of carbonyl (C=O) groups is 3. The van der Waals surface area contributed by atoms with Crippen LogP contribution in [0.5, 0.6) is 0 Å². The average molecular weight is 420 g/mol. The molecule has 1 amide bonds. The predicted molar refractivity (Wildman–Crippen MR) is 110 cm³/mol. The maximum Gasteiger partial charge on any atom is 0.341 e. The van der Waals surface area contributed by atoms with Crippen LogP contribution in [0.15, 0.2) is 30.3 Å². The number of esters is 1. The van der Waals surface area contributed by atoms with Crippen molar-refractivity contribution in [1.82, 2.24) is 0 Å². The molecule has 1 atom stereocenters. The summed E-state index contributed by atoms with van der Waals surface area (Å²) in [5.74, 6) is -0.668. The lowest BCUT2D eigenvalue weighted by Gasteiger charge is -2.37. The maximum absolute atomic E-state index is 12.5. The molecule has 0 saturated heterocycles. The molecule has 1 heterocycles. The first kappa shape index (κ1) is 20.6. The second-order valence-corrected chi connectivity index (χ2v) is 8.49. The van der Waals surface area contributed by atoms with Crippen molar-refractivity contribution in [3.8, 4) is 0 Å². The zero-order valence-corrected chi connectivity index (χ0v) is 17.4. The van der Waals surface area contributed by atoms with Crippen LogP contribution in [0.3, 0.4) is 0 Å². The second-order valence-electron chi connectivity index (χ2n) is 6.96. The van der Waals surface area contributed by atoms with Gasteiger partial charge in [0.05, 0.1) is 12.2 Å². The summed E-state index contributed by atoms with van der Waals surface area (Å²) in [6.45, 7) is 3.42. The van der Waals surface area contributed by atoms with Gasteiger partial charge in [-0.15, -0.1) is 11.3 Å². The number of anilines is 1. The molecule has 0 bridgehead atoms. The van der Waals surface area contributed by atoms with Crippen LogP contribution in [-0.4, -0.2) is 23.7 Å². The quantitative estimate of drug-likeness (QED) is 0.554. The Kier molecular flexibility index (Phi) is 6.20. The fourth-order valence-corrected chi connectivity index (χ4v) is 5.58. The van der Waals surface area contributed by atoms with E-state index in [1.54, 1.807) is 6.92 Å². The van der Waals surface area contributed by atoms with E-state index in [0.717, 1.165) is 16.0 Å². The van der Waals surface area contributed by atoms with E-state index in [1.807, 2.05) is 30.3 Å². The van der Waals surface area contributed by atoms with Crippen LogP contribution in [-0.2, 0) is 32.6 Å². The van der Waals surface area contributed by atoms with Gasteiger partial charge in [-0.1, -0.05) is 30.3 Å². The molecule has 0 aliphatic heterocycles. The number of halogens is 1. The normalized spacial score (nSPS) is 18.2. The van der Waals surface area contributed by atoms with Crippen molar-refractivity contribution in [1.29, 1.82) is 0 Å². The number of rotatable bonds is 6. The number of thiophene rings is 1. The highest BCUT2D eigenvalue weighted by Gasteiger charge is 2.41. The van der Waals surface area contributed by atoms with E-state index in [0.29, 0.717) is 29.8 Å². The third-order valence-corrected chi connectivity index (χ3v) is 6.36. The van der Waals surface area contributed by atoms with Crippen LogP contribution in [0.4, 0.5) is 5.00 Å². The summed E-state index contributed by atoms with van der Waals surface area (Å²) in [6, 6.07) is 9.87. The first-order valence-electron chi connectivity index (χ1n) is 9.19. The third kappa shape index (κ3) is 4.13. The van der Waals surface area contributed by atoms with Crippen molar-refractivity contribution in [2.24, 2.45) is 0 Å². The lowest BCUT2D eigenvalue weighted by molar-refractivity contribution is -0.114. The van der Waals surface area contributed by atoms with Crippen molar-refractivity contribution in [2.45, 2.75) is 44.9 Å². The first-order chi connectivity index (χ1) is 13.4. The fourth-order valence-electron chi connectivity index (χ4n) is 3.90. The summed E-state index contributed by atoms with van der Waals surface area (Å²) in [5.41, 5.74) is 1.98. The lowest BCUT2D eigenvalue weighted by Crippen LogP contribution is -2.34. The van der Waals surface area contributed by atoms with E-state index in [2.05, 4.69) is 5.32 Å². The Labute approximate surface area is 173 Å². The van der Waals surface area contributed by atoms with Gasteiger partial charge in [0, 0.05) is 23.6 Å². The second kappa shape index (κ2) is 8.45. The molecular formula is C21H22ClNO4S. The zero-order chi connectivity index (χ0) is 20.3. The zero-order valence-electron chi connectivity index (χ0n) is 15.8. The van der Waals surface area contributed by atoms with Gasteiger partial charge in [-0.2, -0.15) is 0 Å². The van der Waals surface area contributed by atoms with E-state index in [1.165, 1.54) is 18.3 Å². The van der Waals surface area contributed by atoms with Gasteiger partial charge in [-0.3, -0.25) is 9.59 Å². The molecule has 0 saturated carbocycles. The highest BCUT2D eigenvalue weighted by molar-refractivity contribution is 7.17. The van der Waals surface area contributed by atoms with Crippen molar-refractivity contribution < 1.29 is 19.1 Å². The number of carbonyl (C=O) groups excluding carboxylic acids is 3. The van der Waals surface area contributed by atoms with Crippen molar-refractivity contribution in [2.75, 3.05) is 11.9 Å². The Bertz CT molecular complexity index is 909. The van der Waals surface area contributed by atoms with Crippen LogP contribution in [0.25, 0.3) is 0 Å². The molecule has 5 nitrogen and oxygen atoms in total. The Morgan fingerprint density at radius 1 is 1.25 bits per heavy atom. The highest BCUT2D eigenvalue weighted by Crippen LogP contribution is 2.47. The van der Waals surface area contributed by atoms with E-state index < -0.39 is 11.4 Å². The van der Waals surface area contributed by atoms with Crippen molar-refractivity contribution in [3.05, 3.63) is 51.9 Å². The molecule has 0 spiro atoms. The number of hydrogen-bond acceptors (Lipinski definition) is 5. The van der Waals surface area contributed by atoms with Crippen molar-refractivity contribution >= 4 is 45.1 Å². The molecule has 1 aromatic carbocycles. The number of benzene rings is 1. The van der Waals surface area contributed by atoms with Gasteiger partial charge in [0.1, 0.15) is 5.00 Å². The predicted octanol–water partition coefficient (Wildman–Crippen LogP) is 4.47. The topological polar surface area (TPSA) is 72.5 Å². The molecule has 1 aliphatic rings. The monoisotopic (exact) mass is 419 g/mol. The molecule has 2 aromatic rings. The maximum atomic E-state index is 12.5. The van der Waals surface area contributed by atoms with Crippen LogP contribution in [0, 0.1) is 0 Å². The Hall–Kier alpha value is -2.18. The molecule has 148 valence electrons. The van der Waals surface area contributed by atoms with Gasteiger partial charge in [0.15, 0.2) is 0 Å². The van der Waals surface area contributed by atoms with Crippen LogP contribution in [0.1, 0.15) is 53.1 Å². The summed E-state index contributed by atoms with van der Waals surface area (Å²) >= 11 is 7.19. The summed E-state index contributed by atoms with van der Waals surface area (Å²) in [6.07, 6.45) is 2.10. The van der Waals surface area contributed by atoms with Gasteiger partial charge in [0.2, 0.25) is 11.1 Å². The standard InChI is InChI=1S/C21H22ClNO4S/c1-3-27-20(26)18-15-9-10-21(12-17(22)25,14-7-5-4-6-8-14)11-16(15)28-19(18)23-13(2)24/h4-8H,3,9-12H2,1-2H3,(H,23,24). The fraction of sp³-hybridized carbons (Fsp3) is 0.381. The number of ether oxygens (including phenoxy) is 1. The number of fused-ring (bicyclic) bond motifs is 1. The van der Waals surface area contributed by atoms with Crippen molar-refractivity contribution in [3.63, 3.8) is 0 Å². The molecule has 0 radical (unpaired) electrons. The number of hydrogen-bond donors (Lipinski definition) is 1. The minimum atomic E-state index is -0.426. The van der Waals surface area contributed by atoms with E-state index >= 15 is 0 Å². The Balaban J connectivity index is 2.07. The molecule has 1 aromatic heterocycles. The van der Waals surface area contributed by atoms with E-state index in [-0.39, 0.29) is 24.2 Å². The number of nitrogens with one attached hydrogen (secondary N) is 1. The van der Waals surface area contributed by atoms with Gasteiger partial charge in [-0.05, 0) is 48.9 Å². The SMILES string of the molecule is CCOC(=O)c1c(NC(C)=O)sc2c1CCC(CC(=O)Cl)(c1ccccc1)C2. The van der Waals surface area contributed by atoms with Gasteiger partial charge < -0.3 is 10.1 Å². The van der Waals surface area contributed by atoms with E-state index in [9.17, 15) is 14.4 Å². The molecule has 7 heteroatoms. The molecule has 1 unspecified atom stereocenters. The summed E-state index contributed by atoms with van der Waals surface area (Å²) < 4.78 is 5.22. The van der Waals surface area contributed by atoms with Gasteiger partial charge in [0.25, 0.3) is 0 Å². The van der Waals surface area contributed by atoms with Crippen LogP contribution >= 0.6 is 22.9 Å². The summed E-state index contributed by atoms with van der Waals surface area (Å²) in [5, 5.41) is 2.90. The largest absolute Gasteiger partial charge is 0.462 e. The molecule has 0 fully saturated rings. The molecule has 1 N–H and O–H groups in total. The molecule has 3 rings (SSSR count). The summed E-state index contributed by atoms with van der Waals surface area (Å²) in [4.78, 5) is 37.0.